The van der Waals surface area contributed by atoms with Gasteiger partial charge in [0.2, 0.25) is 0 Å². The maximum atomic E-state index is 13.8. The molecule has 2 rings (SSSR count). The van der Waals surface area contributed by atoms with Crippen molar-refractivity contribution < 1.29 is 37.6 Å². The SMILES string of the molecule is [CH2-][C@@H](C(=O)N1CCC[C@H]1/C=N/O)[C@@H]([CH2-])c1ccc(F)cc1F.[Li+]. The van der Waals surface area contributed by atoms with Crippen molar-refractivity contribution in [2.24, 2.45) is 11.1 Å². The molecule has 7 heteroatoms. The molecule has 3 atom stereocenters. The summed E-state index contributed by atoms with van der Waals surface area (Å²) < 4.78 is 26.8. The summed E-state index contributed by atoms with van der Waals surface area (Å²) >= 11 is 0. The molecule has 1 aliphatic heterocycles. The van der Waals surface area contributed by atoms with Crippen molar-refractivity contribution in [2.75, 3.05) is 6.54 Å². The second-order valence-electron chi connectivity index (χ2n) is 5.38. The molecule has 1 N–H and O–H groups in total. The van der Waals surface area contributed by atoms with Gasteiger partial charge < -0.3 is 24.0 Å². The molecule has 0 radical (unpaired) electrons. The maximum absolute atomic E-state index is 13.8. The van der Waals surface area contributed by atoms with Gasteiger partial charge in [-0.25, -0.2) is 8.78 Å². The van der Waals surface area contributed by atoms with Crippen molar-refractivity contribution in [2.45, 2.75) is 24.8 Å². The molecular weight excluding hydrogens is 297 g/mol. The van der Waals surface area contributed by atoms with Gasteiger partial charge in [-0.15, -0.1) is 5.92 Å². The van der Waals surface area contributed by atoms with Crippen LogP contribution in [0.25, 0.3) is 0 Å². The number of nitrogens with zero attached hydrogens (tertiary/aromatic N) is 2. The van der Waals surface area contributed by atoms with Crippen molar-refractivity contribution in [3.05, 3.63) is 49.2 Å². The molecule has 120 valence electrons. The number of amides is 1. The van der Waals surface area contributed by atoms with Gasteiger partial charge in [0.1, 0.15) is 11.6 Å². The average Bonchev–Trinajstić information content (AvgIpc) is 2.93. The van der Waals surface area contributed by atoms with E-state index < -0.39 is 23.5 Å². The molecule has 1 fully saturated rings. The van der Waals surface area contributed by atoms with Crippen molar-refractivity contribution >= 4 is 12.1 Å². The molecule has 0 aromatic heterocycles. The van der Waals surface area contributed by atoms with Gasteiger partial charge in [-0.3, -0.25) is 4.79 Å². The van der Waals surface area contributed by atoms with E-state index in [-0.39, 0.29) is 36.4 Å². The van der Waals surface area contributed by atoms with Crippen LogP contribution in [0.5, 0.6) is 0 Å². The van der Waals surface area contributed by atoms with Crippen LogP contribution < -0.4 is 18.9 Å². The number of oxime groups is 1. The quantitative estimate of drug-likeness (QED) is 0.275. The van der Waals surface area contributed by atoms with E-state index in [9.17, 15) is 13.6 Å². The minimum Gasteiger partial charge on any atom is -0.411 e. The van der Waals surface area contributed by atoms with E-state index in [1.807, 2.05) is 0 Å². The summed E-state index contributed by atoms with van der Waals surface area (Å²) in [6, 6.07) is 2.89. The molecule has 23 heavy (non-hydrogen) atoms. The summed E-state index contributed by atoms with van der Waals surface area (Å²) in [5.41, 5.74) is 0.154. The third-order valence-corrected chi connectivity index (χ3v) is 3.99. The molecule has 0 bridgehead atoms. The number of likely N-dealkylation sites (tertiary alicyclic amines) is 1. The Kier molecular flexibility index (Phi) is 7.24. The molecule has 1 saturated heterocycles. The Hall–Kier alpha value is -1.38. The van der Waals surface area contributed by atoms with E-state index in [1.165, 1.54) is 12.3 Å². The number of halogens is 2. The molecule has 1 heterocycles. The largest absolute Gasteiger partial charge is 1.00 e. The number of hydrogen-bond donors (Lipinski definition) is 1. The number of rotatable bonds is 4. The summed E-state index contributed by atoms with van der Waals surface area (Å²) in [4.78, 5) is 14.1. The van der Waals surface area contributed by atoms with Crippen LogP contribution in [-0.4, -0.2) is 34.8 Å². The Balaban J connectivity index is 0.00000264. The number of carbonyl (C=O) groups excluding carboxylic acids is 1. The van der Waals surface area contributed by atoms with Gasteiger partial charge in [0, 0.05) is 12.6 Å². The van der Waals surface area contributed by atoms with Crippen LogP contribution >= 0.6 is 0 Å². The van der Waals surface area contributed by atoms with E-state index in [2.05, 4.69) is 19.0 Å². The third kappa shape index (κ3) is 4.33. The van der Waals surface area contributed by atoms with Crippen LogP contribution in [0.15, 0.2) is 23.4 Å². The van der Waals surface area contributed by atoms with Crippen LogP contribution in [0.2, 0.25) is 0 Å². The molecule has 1 aromatic carbocycles. The summed E-state index contributed by atoms with van der Waals surface area (Å²) in [5.74, 6) is -3.25. The van der Waals surface area contributed by atoms with E-state index >= 15 is 0 Å². The van der Waals surface area contributed by atoms with E-state index in [1.54, 1.807) is 4.90 Å². The van der Waals surface area contributed by atoms with Crippen LogP contribution in [0.3, 0.4) is 0 Å². The first-order valence-electron chi connectivity index (χ1n) is 7.05. The number of carbonyl (C=O) groups is 1. The second kappa shape index (κ2) is 8.46. The molecular formula is C16H18F2LiN2O2-. The summed E-state index contributed by atoms with van der Waals surface area (Å²) in [7, 11) is 0. The predicted molar refractivity (Wildman–Crippen MR) is 78.3 cm³/mol. The molecule has 1 aromatic rings. The van der Waals surface area contributed by atoms with Crippen LogP contribution in [0.4, 0.5) is 8.78 Å². The zero-order valence-electron chi connectivity index (χ0n) is 13.1. The fourth-order valence-electron chi connectivity index (χ4n) is 2.70. The Morgan fingerprint density at radius 2 is 2.13 bits per heavy atom. The minimum atomic E-state index is -0.812. The van der Waals surface area contributed by atoms with Crippen LogP contribution in [0, 0.1) is 31.4 Å². The normalized spacial score (nSPS) is 20.3. The number of hydrogen-bond acceptors (Lipinski definition) is 3. The first kappa shape index (κ1) is 19.7. The minimum absolute atomic E-state index is 0. The second-order valence-corrected chi connectivity index (χ2v) is 5.38. The zero-order chi connectivity index (χ0) is 16.3. The van der Waals surface area contributed by atoms with Crippen molar-refractivity contribution in [1.29, 1.82) is 0 Å². The predicted octanol–water partition coefficient (Wildman–Crippen LogP) is -0.212. The fraction of sp³-hybridized carbons (Fsp3) is 0.375. The maximum Gasteiger partial charge on any atom is 1.00 e. The van der Waals surface area contributed by atoms with Crippen molar-refractivity contribution in [1.82, 2.24) is 4.90 Å². The monoisotopic (exact) mass is 315 g/mol. The topological polar surface area (TPSA) is 52.9 Å². The van der Waals surface area contributed by atoms with Crippen molar-refractivity contribution in [3.63, 3.8) is 0 Å². The van der Waals surface area contributed by atoms with Crippen molar-refractivity contribution in [3.8, 4) is 0 Å². The van der Waals surface area contributed by atoms with E-state index in [0.717, 1.165) is 18.6 Å². The molecule has 0 aliphatic carbocycles. The molecule has 1 aliphatic rings. The van der Waals surface area contributed by atoms with E-state index in [0.29, 0.717) is 13.0 Å². The molecule has 0 spiro atoms. The van der Waals surface area contributed by atoms with Crippen LogP contribution in [0.1, 0.15) is 24.3 Å². The standard InChI is InChI=1S/C16H18F2N2O2.Li/c1-10(14-6-5-12(17)8-15(14)18)11(2)16(21)20-7-3-4-13(20)9-19-22;/h5-6,8-11,13,22H,1-4,7H2;/q-2;+1/b19-9+;/t10-,11-,13+;/m1./s1. The Labute approximate surface area is 146 Å². The molecule has 1 amide bonds. The summed E-state index contributed by atoms with van der Waals surface area (Å²) in [6.07, 6.45) is 2.80. The van der Waals surface area contributed by atoms with Crippen LogP contribution in [-0.2, 0) is 4.79 Å². The van der Waals surface area contributed by atoms with Gasteiger partial charge in [0.25, 0.3) is 0 Å². The molecule has 4 nitrogen and oxygen atoms in total. The summed E-state index contributed by atoms with van der Waals surface area (Å²) in [5, 5.41) is 11.6. The first-order valence-corrected chi connectivity index (χ1v) is 7.05. The Morgan fingerprint density at radius 1 is 1.43 bits per heavy atom. The van der Waals surface area contributed by atoms with Gasteiger partial charge in [-0.2, -0.15) is 5.92 Å². The van der Waals surface area contributed by atoms with Gasteiger partial charge in [-0.05, 0) is 24.5 Å². The zero-order valence-corrected chi connectivity index (χ0v) is 13.1. The smallest absolute Gasteiger partial charge is 0.411 e. The van der Waals surface area contributed by atoms with E-state index in [4.69, 9.17) is 5.21 Å². The van der Waals surface area contributed by atoms with Gasteiger partial charge in [0.15, 0.2) is 5.91 Å². The fourth-order valence-corrected chi connectivity index (χ4v) is 2.70. The third-order valence-electron chi connectivity index (χ3n) is 3.99. The van der Waals surface area contributed by atoms with Gasteiger partial charge in [0.05, 0.1) is 12.3 Å². The Morgan fingerprint density at radius 3 is 2.74 bits per heavy atom. The van der Waals surface area contributed by atoms with Gasteiger partial charge >= 0.3 is 18.9 Å². The molecule has 0 unspecified atom stereocenters. The van der Waals surface area contributed by atoms with Gasteiger partial charge in [-0.1, -0.05) is 11.2 Å². The first-order chi connectivity index (χ1) is 10.5. The average molecular weight is 315 g/mol. The molecule has 0 saturated carbocycles. The Bertz CT molecular complexity index is 583. The number of benzene rings is 1. The summed E-state index contributed by atoms with van der Waals surface area (Å²) in [6.45, 7) is 8.13.